The molecule has 4 heteroatoms. The Morgan fingerprint density at radius 3 is 3.00 bits per heavy atom. The first-order valence-electron chi connectivity index (χ1n) is 3.05. The van der Waals surface area contributed by atoms with Crippen LogP contribution in [0.25, 0.3) is 11.1 Å². The van der Waals surface area contributed by atoms with Crippen LogP contribution in [0.5, 0.6) is 0 Å². The van der Waals surface area contributed by atoms with Gasteiger partial charge in [0.15, 0.2) is 5.58 Å². The van der Waals surface area contributed by atoms with Gasteiger partial charge in [-0.05, 0) is 34.7 Å². The minimum absolute atomic E-state index is 0.399. The van der Waals surface area contributed by atoms with Gasteiger partial charge in [0.1, 0.15) is 5.52 Å². The summed E-state index contributed by atoms with van der Waals surface area (Å²) < 4.78 is 5.82. The lowest BCUT2D eigenvalue weighted by Crippen LogP contribution is -1.93. The molecule has 1 heterocycles. The van der Waals surface area contributed by atoms with Crippen LogP contribution in [0, 0.1) is 3.57 Å². The van der Waals surface area contributed by atoms with E-state index in [4.69, 9.17) is 4.42 Å². The Kier molecular flexibility index (Phi) is 1.49. The summed E-state index contributed by atoms with van der Waals surface area (Å²) >= 11 is 2.14. The molecule has 0 atom stereocenters. The molecule has 0 bridgehead atoms. The fourth-order valence-corrected chi connectivity index (χ4v) is 1.55. The molecule has 0 aliphatic carbocycles. The zero-order valence-corrected chi connectivity index (χ0v) is 7.58. The zero-order chi connectivity index (χ0) is 7.84. The SMILES string of the molecule is O=c1[nH]c2c(I)cccc2o1. The van der Waals surface area contributed by atoms with Gasteiger partial charge in [-0.2, -0.15) is 0 Å². The molecule has 1 N–H and O–H groups in total. The molecule has 0 amide bonds. The van der Waals surface area contributed by atoms with Crippen molar-refractivity contribution in [3.8, 4) is 0 Å². The highest BCUT2D eigenvalue weighted by molar-refractivity contribution is 14.1. The van der Waals surface area contributed by atoms with Crippen LogP contribution in [0.15, 0.2) is 27.4 Å². The van der Waals surface area contributed by atoms with E-state index in [2.05, 4.69) is 27.6 Å². The van der Waals surface area contributed by atoms with Crippen molar-refractivity contribution in [1.29, 1.82) is 0 Å². The maximum atomic E-state index is 10.7. The smallest absolute Gasteiger partial charge is 0.408 e. The Balaban J connectivity index is 3.01. The van der Waals surface area contributed by atoms with Crippen LogP contribution >= 0.6 is 22.6 Å². The Hall–Kier alpha value is -0.780. The van der Waals surface area contributed by atoms with Gasteiger partial charge < -0.3 is 4.42 Å². The van der Waals surface area contributed by atoms with Crippen molar-refractivity contribution < 1.29 is 4.42 Å². The molecule has 3 nitrogen and oxygen atoms in total. The lowest BCUT2D eigenvalue weighted by atomic mass is 10.3. The molecule has 2 aromatic rings. The van der Waals surface area contributed by atoms with Gasteiger partial charge in [0, 0.05) is 3.57 Å². The number of para-hydroxylation sites is 1. The molecule has 56 valence electrons. The van der Waals surface area contributed by atoms with E-state index in [0.29, 0.717) is 5.58 Å². The summed E-state index contributed by atoms with van der Waals surface area (Å²) in [6, 6.07) is 5.52. The molecule has 0 spiro atoms. The number of hydrogen-bond acceptors (Lipinski definition) is 2. The number of aromatic nitrogens is 1. The average Bonchev–Trinajstić information content (AvgIpc) is 2.31. The molecule has 0 aliphatic heterocycles. The van der Waals surface area contributed by atoms with Crippen molar-refractivity contribution >= 4 is 33.7 Å². The number of nitrogens with one attached hydrogen (secondary N) is 1. The highest BCUT2D eigenvalue weighted by Gasteiger charge is 2.01. The molecular formula is C7H4INO2. The van der Waals surface area contributed by atoms with Crippen molar-refractivity contribution in [1.82, 2.24) is 4.98 Å². The van der Waals surface area contributed by atoms with Crippen LogP contribution in [0.3, 0.4) is 0 Å². The number of aromatic amines is 1. The van der Waals surface area contributed by atoms with Gasteiger partial charge in [0.2, 0.25) is 0 Å². The van der Waals surface area contributed by atoms with Gasteiger partial charge >= 0.3 is 5.76 Å². The van der Waals surface area contributed by atoms with E-state index in [9.17, 15) is 4.79 Å². The molecule has 0 unspecified atom stereocenters. The van der Waals surface area contributed by atoms with Gasteiger partial charge in [-0.1, -0.05) is 6.07 Å². The molecule has 11 heavy (non-hydrogen) atoms. The van der Waals surface area contributed by atoms with Gasteiger partial charge in [0.05, 0.1) is 0 Å². The number of fused-ring (bicyclic) bond motifs is 1. The second kappa shape index (κ2) is 2.37. The number of benzene rings is 1. The highest BCUT2D eigenvalue weighted by Crippen LogP contribution is 2.15. The van der Waals surface area contributed by atoms with Gasteiger partial charge in [-0.15, -0.1) is 0 Å². The first kappa shape index (κ1) is 6.90. The Morgan fingerprint density at radius 2 is 2.27 bits per heavy atom. The van der Waals surface area contributed by atoms with Crippen molar-refractivity contribution in [2.45, 2.75) is 0 Å². The minimum Gasteiger partial charge on any atom is -0.408 e. The summed E-state index contributed by atoms with van der Waals surface area (Å²) in [5, 5.41) is 0. The van der Waals surface area contributed by atoms with E-state index in [0.717, 1.165) is 9.09 Å². The third-order valence-electron chi connectivity index (χ3n) is 1.41. The van der Waals surface area contributed by atoms with Crippen molar-refractivity contribution in [2.24, 2.45) is 0 Å². The van der Waals surface area contributed by atoms with Crippen LogP contribution in [0.2, 0.25) is 0 Å². The number of oxazole rings is 1. The van der Waals surface area contributed by atoms with E-state index >= 15 is 0 Å². The molecule has 0 saturated heterocycles. The second-order valence-electron chi connectivity index (χ2n) is 2.13. The van der Waals surface area contributed by atoms with Crippen LogP contribution in [-0.2, 0) is 0 Å². The molecule has 1 aromatic heterocycles. The van der Waals surface area contributed by atoms with E-state index in [1.165, 1.54) is 0 Å². The molecule has 0 radical (unpaired) electrons. The summed E-state index contributed by atoms with van der Waals surface area (Å²) in [6.45, 7) is 0. The molecule has 0 saturated carbocycles. The van der Waals surface area contributed by atoms with E-state index in [1.807, 2.05) is 12.1 Å². The molecule has 2 rings (SSSR count). The summed E-state index contributed by atoms with van der Waals surface area (Å²) in [6.07, 6.45) is 0. The summed E-state index contributed by atoms with van der Waals surface area (Å²) in [5.41, 5.74) is 1.39. The standard InChI is InChI=1S/C7H4INO2/c8-4-2-1-3-5-6(4)9-7(10)11-5/h1-3H,(H,9,10). The third-order valence-corrected chi connectivity index (χ3v) is 2.30. The second-order valence-corrected chi connectivity index (χ2v) is 3.29. The zero-order valence-electron chi connectivity index (χ0n) is 5.43. The average molecular weight is 261 g/mol. The van der Waals surface area contributed by atoms with Crippen LogP contribution in [0.1, 0.15) is 0 Å². The summed E-state index contributed by atoms with van der Waals surface area (Å²) in [4.78, 5) is 13.3. The summed E-state index contributed by atoms with van der Waals surface area (Å²) in [7, 11) is 0. The normalized spacial score (nSPS) is 10.6. The largest absolute Gasteiger partial charge is 0.417 e. The quantitative estimate of drug-likeness (QED) is 0.734. The Labute approximate surface area is 75.6 Å². The van der Waals surface area contributed by atoms with E-state index < -0.39 is 5.76 Å². The number of rotatable bonds is 0. The van der Waals surface area contributed by atoms with Gasteiger partial charge in [-0.25, -0.2) is 4.79 Å². The van der Waals surface area contributed by atoms with Crippen LogP contribution in [0.4, 0.5) is 0 Å². The maximum absolute atomic E-state index is 10.7. The minimum atomic E-state index is -0.399. The van der Waals surface area contributed by atoms with Crippen molar-refractivity contribution in [3.63, 3.8) is 0 Å². The third kappa shape index (κ3) is 1.07. The molecular weight excluding hydrogens is 257 g/mol. The lowest BCUT2D eigenvalue weighted by molar-refractivity contribution is 0.555. The molecule has 0 fully saturated rings. The fourth-order valence-electron chi connectivity index (χ4n) is 0.938. The Bertz CT molecular complexity index is 443. The van der Waals surface area contributed by atoms with E-state index in [-0.39, 0.29) is 0 Å². The van der Waals surface area contributed by atoms with Gasteiger partial charge in [-0.3, -0.25) is 4.98 Å². The first-order chi connectivity index (χ1) is 5.27. The number of halogens is 1. The van der Waals surface area contributed by atoms with Crippen LogP contribution < -0.4 is 5.76 Å². The monoisotopic (exact) mass is 261 g/mol. The molecule has 0 aliphatic rings. The van der Waals surface area contributed by atoms with Gasteiger partial charge in [0.25, 0.3) is 0 Å². The molecule has 1 aromatic carbocycles. The fraction of sp³-hybridized carbons (Fsp3) is 0. The predicted molar refractivity (Wildman–Crippen MR) is 49.6 cm³/mol. The first-order valence-corrected chi connectivity index (χ1v) is 4.12. The number of H-pyrrole nitrogens is 1. The van der Waals surface area contributed by atoms with Crippen molar-refractivity contribution in [3.05, 3.63) is 32.3 Å². The van der Waals surface area contributed by atoms with Crippen molar-refractivity contribution in [2.75, 3.05) is 0 Å². The highest BCUT2D eigenvalue weighted by atomic mass is 127. The summed E-state index contributed by atoms with van der Waals surface area (Å²) in [5.74, 6) is -0.399. The Morgan fingerprint density at radius 1 is 1.45 bits per heavy atom. The maximum Gasteiger partial charge on any atom is 0.417 e. The van der Waals surface area contributed by atoms with Crippen LogP contribution in [-0.4, -0.2) is 4.98 Å². The lowest BCUT2D eigenvalue weighted by Gasteiger charge is -1.87. The number of hydrogen-bond donors (Lipinski definition) is 1. The predicted octanol–water partition coefficient (Wildman–Crippen LogP) is 1.73. The topological polar surface area (TPSA) is 46.0 Å². The van der Waals surface area contributed by atoms with E-state index in [1.54, 1.807) is 6.07 Å².